The standard InChI is InChI=1S/C9H13FS/c1-11(2,10)8-9-6-4-3-5-7-9/h3-7H,8H2,1-2H3. The lowest BCUT2D eigenvalue weighted by atomic mass is 10.2. The third-order valence-corrected chi connectivity index (χ3v) is 2.37. The fourth-order valence-corrected chi connectivity index (χ4v) is 1.96. The summed E-state index contributed by atoms with van der Waals surface area (Å²) in [6.07, 6.45) is 3.36. The topological polar surface area (TPSA) is 0 Å². The summed E-state index contributed by atoms with van der Waals surface area (Å²) in [5, 5.41) is 0. The average molecular weight is 172 g/mol. The van der Waals surface area contributed by atoms with E-state index in [9.17, 15) is 3.89 Å². The summed E-state index contributed by atoms with van der Waals surface area (Å²) in [5.74, 6) is 0.577. The van der Waals surface area contributed by atoms with E-state index < -0.39 is 10.4 Å². The van der Waals surface area contributed by atoms with Crippen molar-refractivity contribution in [1.82, 2.24) is 0 Å². The number of hydrogen-bond acceptors (Lipinski definition) is 0. The van der Waals surface area contributed by atoms with Gasteiger partial charge >= 0.3 is 0 Å². The highest BCUT2D eigenvalue weighted by molar-refractivity contribution is 8.27. The summed E-state index contributed by atoms with van der Waals surface area (Å²) < 4.78 is 13.2. The van der Waals surface area contributed by atoms with Crippen molar-refractivity contribution in [2.75, 3.05) is 12.5 Å². The van der Waals surface area contributed by atoms with E-state index in [1.165, 1.54) is 0 Å². The minimum atomic E-state index is -1.88. The minimum Gasteiger partial charge on any atom is -0.190 e. The molecule has 0 unspecified atom stereocenters. The molecule has 1 rings (SSSR count). The molecule has 0 spiro atoms. The van der Waals surface area contributed by atoms with E-state index in [4.69, 9.17) is 0 Å². The second-order valence-corrected chi connectivity index (χ2v) is 6.13. The number of halogens is 1. The van der Waals surface area contributed by atoms with Crippen molar-refractivity contribution < 1.29 is 3.89 Å². The van der Waals surface area contributed by atoms with Crippen LogP contribution in [0.15, 0.2) is 30.3 Å². The molecule has 0 heterocycles. The molecule has 0 aliphatic heterocycles. The van der Waals surface area contributed by atoms with Gasteiger partial charge in [0.05, 0.1) is 0 Å². The summed E-state index contributed by atoms with van der Waals surface area (Å²) >= 11 is 0. The largest absolute Gasteiger partial charge is 0.190 e. The number of hydrogen-bond donors (Lipinski definition) is 0. The van der Waals surface area contributed by atoms with Crippen LogP contribution in [0.3, 0.4) is 0 Å². The molecule has 0 fully saturated rings. The fraction of sp³-hybridized carbons (Fsp3) is 0.333. The van der Waals surface area contributed by atoms with Gasteiger partial charge in [-0.15, -0.1) is 0 Å². The molecular formula is C9H13FS. The maximum absolute atomic E-state index is 13.2. The molecule has 62 valence electrons. The van der Waals surface area contributed by atoms with Gasteiger partial charge < -0.3 is 0 Å². The molecule has 0 nitrogen and oxygen atoms in total. The van der Waals surface area contributed by atoms with Crippen LogP contribution in [0.1, 0.15) is 5.56 Å². The molecule has 0 amide bonds. The minimum absolute atomic E-state index is 0.577. The molecule has 0 radical (unpaired) electrons. The Morgan fingerprint density at radius 2 is 1.73 bits per heavy atom. The van der Waals surface area contributed by atoms with E-state index in [0.717, 1.165) is 5.56 Å². The Labute approximate surface area is 69.0 Å². The predicted molar refractivity (Wildman–Crippen MR) is 50.7 cm³/mol. The summed E-state index contributed by atoms with van der Waals surface area (Å²) in [5.41, 5.74) is 1.09. The molecule has 1 aromatic rings. The van der Waals surface area contributed by atoms with Crippen LogP contribution < -0.4 is 0 Å². The summed E-state index contributed by atoms with van der Waals surface area (Å²) in [6, 6.07) is 9.77. The van der Waals surface area contributed by atoms with E-state index in [1.54, 1.807) is 12.5 Å². The van der Waals surface area contributed by atoms with Crippen LogP contribution in [-0.2, 0) is 5.75 Å². The Morgan fingerprint density at radius 1 is 1.18 bits per heavy atom. The zero-order valence-corrected chi connectivity index (χ0v) is 7.70. The van der Waals surface area contributed by atoms with E-state index in [1.807, 2.05) is 30.3 Å². The molecule has 0 aliphatic carbocycles. The maximum Gasteiger partial charge on any atom is 0.0282 e. The van der Waals surface area contributed by atoms with E-state index in [0.29, 0.717) is 5.75 Å². The molecule has 0 atom stereocenters. The summed E-state index contributed by atoms with van der Waals surface area (Å²) in [6.45, 7) is 0. The Hall–Kier alpha value is -0.500. The van der Waals surface area contributed by atoms with Gasteiger partial charge in [0, 0.05) is 5.75 Å². The van der Waals surface area contributed by atoms with Crippen LogP contribution in [0.4, 0.5) is 3.89 Å². The quantitative estimate of drug-likeness (QED) is 0.643. The first kappa shape index (κ1) is 8.60. The first-order valence-corrected chi connectivity index (χ1v) is 6.04. The first-order chi connectivity index (χ1) is 5.08. The molecule has 1 aromatic carbocycles. The van der Waals surface area contributed by atoms with Gasteiger partial charge in [-0.1, -0.05) is 40.7 Å². The van der Waals surface area contributed by atoms with Crippen molar-refractivity contribution in [3.05, 3.63) is 35.9 Å². The van der Waals surface area contributed by atoms with E-state index in [2.05, 4.69) is 0 Å². The predicted octanol–water partition coefficient (Wildman–Crippen LogP) is 3.14. The molecular weight excluding hydrogens is 159 g/mol. The van der Waals surface area contributed by atoms with Crippen molar-refractivity contribution in [2.45, 2.75) is 5.75 Å². The first-order valence-electron chi connectivity index (χ1n) is 3.52. The van der Waals surface area contributed by atoms with Gasteiger partial charge in [-0.05, 0) is 18.1 Å². The Kier molecular flexibility index (Phi) is 2.55. The van der Waals surface area contributed by atoms with Crippen LogP contribution in [0.25, 0.3) is 0 Å². The maximum atomic E-state index is 13.2. The van der Waals surface area contributed by atoms with E-state index in [-0.39, 0.29) is 0 Å². The highest BCUT2D eigenvalue weighted by Crippen LogP contribution is 2.44. The SMILES string of the molecule is CS(C)(F)Cc1ccccc1. The van der Waals surface area contributed by atoms with Gasteiger partial charge in [0.1, 0.15) is 0 Å². The third-order valence-electron chi connectivity index (χ3n) is 1.35. The van der Waals surface area contributed by atoms with Gasteiger partial charge in [-0.25, -0.2) is 0 Å². The fourth-order valence-electron chi connectivity index (χ4n) is 0.971. The van der Waals surface area contributed by atoms with Crippen molar-refractivity contribution in [3.8, 4) is 0 Å². The summed E-state index contributed by atoms with van der Waals surface area (Å²) in [4.78, 5) is 0. The van der Waals surface area contributed by atoms with Crippen LogP contribution in [0.2, 0.25) is 0 Å². The van der Waals surface area contributed by atoms with Crippen molar-refractivity contribution in [1.29, 1.82) is 0 Å². The Balaban J connectivity index is 2.66. The van der Waals surface area contributed by atoms with Gasteiger partial charge in [0.25, 0.3) is 0 Å². The van der Waals surface area contributed by atoms with Gasteiger partial charge in [0.15, 0.2) is 0 Å². The molecule has 11 heavy (non-hydrogen) atoms. The lowest BCUT2D eigenvalue weighted by Gasteiger charge is -2.19. The van der Waals surface area contributed by atoms with Gasteiger partial charge in [-0.2, -0.15) is 3.89 Å². The molecule has 2 heteroatoms. The Morgan fingerprint density at radius 3 is 2.18 bits per heavy atom. The van der Waals surface area contributed by atoms with Crippen LogP contribution in [0.5, 0.6) is 0 Å². The lowest BCUT2D eigenvalue weighted by Crippen LogP contribution is -1.91. The molecule has 0 saturated heterocycles. The highest BCUT2D eigenvalue weighted by Gasteiger charge is 2.08. The smallest absolute Gasteiger partial charge is 0.0282 e. The second-order valence-electron chi connectivity index (χ2n) is 3.03. The lowest BCUT2D eigenvalue weighted by molar-refractivity contribution is 0.896. The van der Waals surface area contributed by atoms with Gasteiger partial charge in [0.2, 0.25) is 0 Å². The number of benzene rings is 1. The number of rotatable bonds is 2. The third kappa shape index (κ3) is 3.42. The summed E-state index contributed by atoms with van der Waals surface area (Å²) in [7, 11) is -1.88. The van der Waals surface area contributed by atoms with Crippen LogP contribution in [0, 0.1) is 0 Å². The van der Waals surface area contributed by atoms with Crippen molar-refractivity contribution in [3.63, 3.8) is 0 Å². The van der Waals surface area contributed by atoms with Crippen LogP contribution >= 0.6 is 10.4 Å². The zero-order chi connectivity index (χ0) is 8.32. The molecule has 0 saturated carbocycles. The van der Waals surface area contributed by atoms with Crippen molar-refractivity contribution in [2.24, 2.45) is 0 Å². The van der Waals surface area contributed by atoms with E-state index >= 15 is 0 Å². The average Bonchev–Trinajstić information content (AvgIpc) is 1.85. The highest BCUT2D eigenvalue weighted by atomic mass is 32.3. The zero-order valence-electron chi connectivity index (χ0n) is 6.88. The molecule has 0 bridgehead atoms. The monoisotopic (exact) mass is 172 g/mol. The molecule has 0 aliphatic rings. The van der Waals surface area contributed by atoms with Crippen LogP contribution in [-0.4, -0.2) is 12.5 Å². The van der Waals surface area contributed by atoms with Gasteiger partial charge in [-0.3, -0.25) is 0 Å². The normalized spacial score (nSPS) is 13.0. The Bertz CT molecular complexity index is 213. The molecule has 0 N–H and O–H groups in total. The molecule has 0 aromatic heterocycles. The van der Waals surface area contributed by atoms with Crippen molar-refractivity contribution >= 4 is 10.4 Å². The second kappa shape index (κ2) is 3.26.